The molecule has 100 valence electrons. The second kappa shape index (κ2) is 5.14. The fourth-order valence-electron chi connectivity index (χ4n) is 1.90. The van der Waals surface area contributed by atoms with Crippen molar-refractivity contribution in [2.24, 2.45) is 0 Å². The summed E-state index contributed by atoms with van der Waals surface area (Å²) in [5.74, 6) is -0.439. The van der Waals surface area contributed by atoms with E-state index in [0.29, 0.717) is 11.3 Å². The highest BCUT2D eigenvalue weighted by Gasteiger charge is 2.10. The Morgan fingerprint density at radius 3 is 2.84 bits per heavy atom. The number of carbonyl (C=O) groups is 1. The normalized spacial score (nSPS) is 12.3. The van der Waals surface area contributed by atoms with Gasteiger partial charge in [-0.2, -0.15) is 0 Å². The molecule has 1 N–H and O–H groups in total. The quantitative estimate of drug-likeness (QED) is 0.856. The number of benzene rings is 1. The predicted octanol–water partition coefficient (Wildman–Crippen LogP) is 2.34. The molecule has 0 spiro atoms. The Bertz CT molecular complexity index is 671. The third-order valence-corrected chi connectivity index (χ3v) is 2.72. The van der Waals surface area contributed by atoms with Gasteiger partial charge in [-0.15, -0.1) is 0 Å². The number of ether oxygens (including phenoxy) is 1. The van der Waals surface area contributed by atoms with E-state index in [4.69, 9.17) is 14.3 Å². The summed E-state index contributed by atoms with van der Waals surface area (Å²) in [7, 11) is 0. The molecular formula is C14H14O5. The summed E-state index contributed by atoms with van der Waals surface area (Å²) in [5, 5.41) is 9.50. The van der Waals surface area contributed by atoms with Crippen LogP contribution in [0.4, 0.5) is 0 Å². The summed E-state index contributed by atoms with van der Waals surface area (Å²) in [6.07, 6.45) is -0.540. The van der Waals surface area contributed by atoms with Crippen LogP contribution >= 0.6 is 0 Å². The van der Waals surface area contributed by atoms with Gasteiger partial charge in [0, 0.05) is 17.5 Å². The summed E-state index contributed by atoms with van der Waals surface area (Å²) in [6.45, 7) is 3.50. The van der Waals surface area contributed by atoms with Gasteiger partial charge >= 0.3 is 11.6 Å². The van der Waals surface area contributed by atoms with E-state index in [1.807, 2.05) is 6.92 Å². The van der Waals surface area contributed by atoms with Crippen molar-refractivity contribution >= 4 is 16.9 Å². The molecule has 5 heteroatoms. The van der Waals surface area contributed by atoms with Gasteiger partial charge in [0.2, 0.25) is 0 Å². The van der Waals surface area contributed by atoms with Crippen LogP contribution in [0.25, 0.3) is 11.0 Å². The molecule has 19 heavy (non-hydrogen) atoms. The highest BCUT2D eigenvalue weighted by Crippen LogP contribution is 2.23. The fraction of sp³-hybridized carbons (Fsp3) is 0.286. The lowest BCUT2D eigenvalue weighted by molar-refractivity contribution is -0.138. The molecule has 0 unspecified atom stereocenters. The number of aryl methyl sites for hydroxylation is 1. The largest absolute Gasteiger partial charge is 0.490 e. The first-order valence-corrected chi connectivity index (χ1v) is 5.88. The van der Waals surface area contributed by atoms with Gasteiger partial charge in [0.1, 0.15) is 17.4 Å². The van der Waals surface area contributed by atoms with Crippen LogP contribution in [-0.4, -0.2) is 17.2 Å². The lowest BCUT2D eigenvalue weighted by atomic mass is 10.1. The van der Waals surface area contributed by atoms with Gasteiger partial charge in [-0.25, -0.2) is 4.79 Å². The topological polar surface area (TPSA) is 76.7 Å². The standard InChI is InChI=1S/C14H14O5/c1-8-5-14(17)19-12-7-10(3-4-11(8)12)18-9(2)6-13(15)16/h3-5,7,9H,6H2,1-2H3,(H,15,16)/t9-/m0/s1. The summed E-state index contributed by atoms with van der Waals surface area (Å²) in [5.41, 5.74) is 0.849. The van der Waals surface area contributed by atoms with Gasteiger partial charge in [0.25, 0.3) is 0 Å². The van der Waals surface area contributed by atoms with E-state index in [-0.39, 0.29) is 6.42 Å². The van der Waals surface area contributed by atoms with Crippen molar-refractivity contribution in [2.75, 3.05) is 0 Å². The van der Waals surface area contributed by atoms with Crippen LogP contribution in [0.15, 0.2) is 33.5 Å². The van der Waals surface area contributed by atoms with Gasteiger partial charge in [-0.3, -0.25) is 4.79 Å². The molecule has 1 aromatic carbocycles. The molecule has 0 fully saturated rings. The molecule has 0 saturated heterocycles. The zero-order valence-electron chi connectivity index (χ0n) is 10.7. The SMILES string of the molecule is Cc1cc(=O)oc2cc(O[C@@H](C)CC(=O)O)ccc12. The van der Waals surface area contributed by atoms with E-state index in [9.17, 15) is 9.59 Å². The summed E-state index contributed by atoms with van der Waals surface area (Å²) >= 11 is 0. The molecule has 5 nitrogen and oxygen atoms in total. The van der Waals surface area contributed by atoms with Gasteiger partial charge in [-0.05, 0) is 31.5 Å². The third-order valence-electron chi connectivity index (χ3n) is 2.72. The predicted molar refractivity (Wildman–Crippen MR) is 69.6 cm³/mol. The Kier molecular flexibility index (Phi) is 3.55. The van der Waals surface area contributed by atoms with Gasteiger partial charge in [0.15, 0.2) is 0 Å². The van der Waals surface area contributed by atoms with Crippen molar-refractivity contribution in [1.29, 1.82) is 0 Å². The maximum Gasteiger partial charge on any atom is 0.336 e. The van der Waals surface area contributed by atoms with Crippen molar-refractivity contribution in [1.82, 2.24) is 0 Å². The zero-order valence-corrected chi connectivity index (χ0v) is 10.7. The highest BCUT2D eigenvalue weighted by molar-refractivity contribution is 5.81. The summed E-state index contributed by atoms with van der Waals surface area (Å²) in [4.78, 5) is 21.9. The number of aliphatic carboxylic acids is 1. The first kappa shape index (κ1) is 13.1. The van der Waals surface area contributed by atoms with E-state index >= 15 is 0 Å². The number of fused-ring (bicyclic) bond motifs is 1. The second-order valence-electron chi connectivity index (χ2n) is 4.43. The molecule has 1 aromatic heterocycles. The molecular weight excluding hydrogens is 248 g/mol. The van der Waals surface area contributed by atoms with E-state index < -0.39 is 17.7 Å². The molecule has 0 aliphatic heterocycles. The lowest BCUT2D eigenvalue weighted by Crippen LogP contribution is -2.16. The zero-order chi connectivity index (χ0) is 14.0. The number of carboxylic acids is 1. The molecule has 2 aromatic rings. The molecule has 1 heterocycles. The smallest absolute Gasteiger partial charge is 0.336 e. The number of carboxylic acid groups (broad SMARTS) is 1. The van der Waals surface area contributed by atoms with Crippen molar-refractivity contribution < 1.29 is 19.1 Å². The maximum absolute atomic E-state index is 11.3. The number of hydrogen-bond acceptors (Lipinski definition) is 4. The first-order valence-electron chi connectivity index (χ1n) is 5.88. The van der Waals surface area contributed by atoms with Crippen LogP contribution < -0.4 is 10.4 Å². The van der Waals surface area contributed by atoms with Crippen LogP contribution in [0.2, 0.25) is 0 Å². The third kappa shape index (κ3) is 3.13. The molecule has 0 aliphatic carbocycles. The number of rotatable bonds is 4. The molecule has 2 rings (SSSR count). The van der Waals surface area contributed by atoms with Crippen LogP contribution in [-0.2, 0) is 4.79 Å². The Labute approximate surface area is 109 Å². The Hall–Kier alpha value is -2.30. The minimum atomic E-state index is -0.921. The van der Waals surface area contributed by atoms with Gasteiger partial charge in [0.05, 0.1) is 6.42 Å². The molecule has 0 radical (unpaired) electrons. The Morgan fingerprint density at radius 1 is 1.42 bits per heavy atom. The Balaban J connectivity index is 2.31. The first-order chi connectivity index (χ1) is 8.95. The molecule has 0 bridgehead atoms. The maximum atomic E-state index is 11.3. The van der Waals surface area contributed by atoms with Crippen molar-refractivity contribution in [3.05, 3.63) is 40.2 Å². The molecule has 0 aliphatic rings. The van der Waals surface area contributed by atoms with Gasteiger partial charge < -0.3 is 14.3 Å². The molecule has 0 saturated carbocycles. The van der Waals surface area contributed by atoms with E-state index in [0.717, 1.165) is 10.9 Å². The van der Waals surface area contributed by atoms with E-state index in [2.05, 4.69) is 0 Å². The highest BCUT2D eigenvalue weighted by atomic mass is 16.5. The van der Waals surface area contributed by atoms with Crippen molar-refractivity contribution in [3.63, 3.8) is 0 Å². The van der Waals surface area contributed by atoms with Crippen LogP contribution in [0.5, 0.6) is 5.75 Å². The van der Waals surface area contributed by atoms with E-state index in [1.165, 1.54) is 6.07 Å². The van der Waals surface area contributed by atoms with Crippen LogP contribution in [0.1, 0.15) is 18.9 Å². The summed E-state index contributed by atoms with van der Waals surface area (Å²) in [6, 6.07) is 6.54. The van der Waals surface area contributed by atoms with E-state index in [1.54, 1.807) is 25.1 Å². The molecule has 0 amide bonds. The van der Waals surface area contributed by atoms with Crippen LogP contribution in [0, 0.1) is 6.92 Å². The monoisotopic (exact) mass is 262 g/mol. The fourth-order valence-corrected chi connectivity index (χ4v) is 1.90. The minimum Gasteiger partial charge on any atom is -0.490 e. The average Bonchev–Trinajstić information content (AvgIpc) is 2.26. The van der Waals surface area contributed by atoms with Crippen molar-refractivity contribution in [3.8, 4) is 5.75 Å². The lowest BCUT2D eigenvalue weighted by Gasteiger charge is -2.13. The van der Waals surface area contributed by atoms with Crippen molar-refractivity contribution in [2.45, 2.75) is 26.4 Å². The molecule has 1 atom stereocenters. The minimum absolute atomic E-state index is 0.0875. The second-order valence-corrected chi connectivity index (χ2v) is 4.43. The number of hydrogen-bond donors (Lipinski definition) is 1. The van der Waals surface area contributed by atoms with Crippen LogP contribution in [0.3, 0.4) is 0 Å². The van der Waals surface area contributed by atoms with Gasteiger partial charge in [-0.1, -0.05) is 0 Å². The Morgan fingerprint density at radius 2 is 2.16 bits per heavy atom. The average molecular weight is 262 g/mol. The summed E-state index contributed by atoms with van der Waals surface area (Å²) < 4.78 is 10.6.